The van der Waals surface area contributed by atoms with E-state index in [9.17, 15) is 9.59 Å². The molecule has 0 fully saturated rings. The number of nitrogens with two attached hydrogens (primary N) is 1. The number of carbonyl (C=O) groups excluding carboxylic acids is 2. The van der Waals surface area contributed by atoms with E-state index < -0.39 is 12.1 Å². The number of hydrogen-bond acceptors (Lipinski definition) is 6. The normalized spacial score (nSPS) is 11.6. The molecule has 31 heavy (non-hydrogen) atoms. The van der Waals surface area contributed by atoms with Crippen LogP contribution in [0.2, 0.25) is 0 Å². The number of pyridine rings is 1. The first-order valence-corrected chi connectivity index (χ1v) is 10.9. The Morgan fingerprint density at radius 1 is 0.968 bits per heavy atom. The Balaban J connectivity index is 1.68. The smallest absolute Gasteiger partial charge is 0.319 e. The Morgan fingerprint density at radius 3 is 2.58 bits per heavy atom. The number of rotatable bonds is 10. The van der Waals surface area contributed by atoms with Crippen LogP contribution in [-0.4, -0.2) is 29.5 Å². The highest BCUT2D eigenvalue weighted by Gasteiger charge is 2.21. The van der Waals surface area contributed by atoms with E-state index in [0.717, 1.165) is 36.9 Å². The highest BCUT2D eigenvalue weighted by atomic mass is 32.2. The molecule has 0 saturated heterocycles. The maximum Gasteiger partial charge on any atom is 0.319 e. The lowest BCUT2D eigenvalue weighted by molar-refractivity contribution is -0.118. The molecule has 2 aromatic carbocycles. The van der Waals surface area contributed by atoms with Crippen molar-refractivity contribution >= 4 is 46.3 Å². The molecule has 1 heterocycles. The van der Waals surface area contributed by atoms with Crippen LogP contribution in [0.1, 0.15) is 19.3 Å². The third-order valence-electron chi connectivity index (χ3n) is 4.65. The highest BCUT2D eigenvalue weighted by molar-refractivity contribution is 7.95. The number of benzene rings is 2. The predicted molar refractivity (Wildman–Crippen MR) is 126 cm³/mol. The van der Waals surface area contributed by atoms with Gasteiger partial charge < -0.3 is 16.0 Å². The van der Waals surface area contributed by atoms with Crippen LogP contribution in [0.3, 0.4) is 0 Å². The Bertz CT molecular complexity index is 996. The topological polar surface area (TPSA) is 121 Å². The largest absolute Gasteiger partial charge is 0.326 e. The van der Waals surface area contributed by atoms with Crippen LogP contribution in [-0.2, 0) is 4.79 Å². The number of amides is 3. The van der Waals surface area contributed by atoms with Crippen molar-refractivity contribution in [1.29, 1.82) is 0 Å². The van der Waals surface area contributed by atoms with Crippen LogP contribution in [0, 0.1) is 0 Å². The molecular weight excluding hydrogens is 412 g/mol. The minimum atomic E-state index is -0.701. The Hall–Kier alpha value is -3.14. The molecule has 1 aromatic heterocycles. The summed E-state index contributed by atoms with van der Waals surface area (Å²) in [5.74, 6) is -0.289. The van der Waals surface area contributed by atoms with E-state index in [1.807, 2.05) is 42.5 Å². The first-order valence-electron chi connectivity index (χ1n) is 10.0. The van der Waals surface area contributed by atoms with Crippen LogP contribution in [0.5, 0.6) is 0 Å². The van der Waals surface area contributed by atoms with Crippen LogP contribution in [0.4, 0.5) is 16.2 Å². The molecule has 3 amide bonds. The summed E-state index contributed by atoms with van der Waals surface area (Å²) in [4.78, 5) is 29.9. The number of nitrogens with zero attached hydrogens (tertiary/aromatic N) is 1. The summed E-state index contributed by atoms with van der Waals surface area (Å²) in [6.45, 7) is 0.721. The predicted octanol–water partition coefficient (Wildman–Crippen LogP) is 3.65. The van der Waals surface area contributed by atoms with Crippen molar-refractivity contribution in [2.75, 3.05) is 17.2 Å². The van der Waals surface area contributed by atoms with Gasteiger partial charge in [-0.05, 0) is 43.5 Å². The number of unbranched alkanes of at least 4 members (excludes halogenated alkanes) is 1. The van der Waals surface area contributed by atoms with Crippen LogP contribution >= 0.6 is 12.1 Å². The molecule has 0 radical (unpaired) electrons. The molecule has 6 N–H and O–H groups in total. The molecule has 0 bridgehead atoms. The van der Waals surface area contributed by atoms with Gasteiger partial charge in [-0.3, -0.25) is 19.6 Å². The molecule has 1 unspecified atom stereocenters. The fourth-order valence-electron chi connectivity index (χ4n) is 3.15. The van der Waals surface area contributed by atoms with Gasteiger partial charge in [-0.1, -0.05) is 36.4 Å². The second kappa shape index (κ2) is 11.9. The molecule has 0 spiro atoms. The molecule has 1 atom stereocenters. The fourth-order valence-corrected chi connectivity index (χ4v) is 3.41. The van der Waals surface area contributed by atoms with Gasteiger partial charge in [0, 0.05) is 35.9 Å². The number of fused-ring (bicyclic) bond motifs is 1. The molecule has 3 aromatic rings. The van der Waals surface area contributed by atoms with Gasteiger partial charge in [0.15, 0.2) is 0 Å². The van der Waals surface area contributed by atoms with Crippen molar-refractivity contribution in [3.05, 3.63) is 66.9 Å². The van der Waals surface area contributed by atoms with Gasteiger partial charge in [0.25, 0.3) is 0 Å². The minimum absolute atomic E-state index is 0.289. The van der Waals surface area contributed by atoms with Gasteiger partial charge in [0.05, 0.1) is 11.2 Å². The lowest BCUT2D eigenvalue weighted by Crippen LogP contribution is -2.45. The third-order valence-corrected chi connectivity index (χ3v) is 5.02. The van der Waals surface area contributed by atoms with Crippen molar-refractivity contribution in [3.8, 4) is 0 Å². The minimum Gasteiger partial charge on any atom is -0.326 e. The third kappa shape index (κ3) is 6.95. The molecule has 0 aliphatic heterocycles. The van der Waals surface area contributed by atoms with E-state index in [-0.39, 0.29) is 5.91 Å². The lowest BCUT2D eigenvalue weighted by atomic mass is 10.1. The van der Waals surface area contributed by atoms with Gasteiger partial charge >= 0.3 is 6.03 Å². The van der Waals surface area contributed by atoms with Crippen LogP contribution in [0.25, 0.3) is 10.9 Å². The SMILES string of the molecule is NSNCCCCC(NC(=O)Nc1ccccc1)C(=O)Nc1cccc2cccnc12. The van der Waals surface area contributed by atoms with Crippen molar-refractivity contribution in [2.24, 2.45) is 5.14 Å². The van der Waals surface area contributed by atoms with Crippen molar-refractivity contribution in [2.45, 2.75) is 25.3 Å². The number of nitrogens with one attached hydrogen (secondary N) is 4. The zero-order chi connectivity index (χ0) is 21.9. The molecule has 0 saturated carbocycles. The van der Waals surface area contributed by atoms with E-state index >= 15 is 0 Å². The second-order valence-electron chi connectivity index (χ2n) is 6.89. The number of aromatic nitrogens is 1. The molecule has 8 nitrogen and oxygen atoms in total. The second-order valence-corrected chi connectivity index (χ2v) is 7.42. The average molecular weight is 439 g/mol. The lowest BCUT2D eigenvalue weighted by Gasteiger charge is -2.19. The maximum atomic E-state index is 13.0. The summed E-state index contributed by atoms with van der Waals surface area (Å²) < 4.78 is 2.97. The number of urea groups is 1. The van der Waals surface area contributed by atoms with Crippen molar-refractivity contribution in [3.63, 3.8) is 0 Å². The summed E-state index contributed by atoms with van der Waals surface area (Å²) in [6.07, 6.45) is 3.74. The zero-order valence-electron chi connectivity index (χ0n) is 17.0. The van der Waals surface area contributed by atoms with E-state index in [4.69, 9.17) is 5.14 Å². The first kappa shape index (κ1) is 22.5. The molecule has 0 aliphatic rings. The van der Waals surface area contributed by atoms with Gasteiger partial charge in [-0.2, -0.15) is 0 Å². The number of para-hydroxylation sites is 2. The standard InChI is InChI=1S/C22H26N6O2S/c23-31-25-15-5-4-12-19(28-22(30)26-17-10-2-1-3-11-17)21(29)27-18-13-6-8-16-9-7-14-24-20(16)18/h1-3,6-11,13-14,19,25H,4-5,12,15,23H2,(H,27,29)(H2,26,28,30). The monoisotopic (exact) mass is 438 g/mol. The van der Waals surface area contributed by atoms with Gasteiger partial charge in [-0.25, -0.2) is 4.79 Å². The summed E-state index contributed by atoms with van der Waals surface area (Å²) in [5.41, 5.74) is 1.97. The summed E-state index contributed by atoms with van der Waals surface area (Å²) >= 11 is 1.07. The molecule has 9 heteroatoms. The maximum absolute atomic E-state index is 13.0. The zero-order valence-corrected chi connectivity index (χ0v) is 17.8. The van der Waals surface area contributed by atoms with Crippen LogP contribution < -0.4 is 25.8 Å². The van der Waals surface area contributed by atoms with E-state index in [2.05, 4.69) is 25.7 Å². The van der Waals surface area contributed by atoms with Crippen LogP contribution in [0.15, 0.2) is 66.9 Å². The average Bonchev–Trinajstić information content (AvgIpc) is 2.79. The Kier molecular flexibility index (Phi) is 8.65. The number of hydrogen-bond donors (Lipinski definition) is 5. The van der Waals surface area contributed by atoms with Crippen molar-refractivity contribution in [1.82, 2.24) is 15.0 Å². The number of carbonyl (C=O) groups is 2. The highest BCUT2D eigenvalue weighted by Crippen LogP contribution is 2.21. The molecule has 0 aliphatic carbocycles. The Labute approximate surface area is 185 Å². The first-order chi connectivity index (χ1) is 15.2. The molecular formula is C22H26N6O2S. The van der Waals surface area contributed by atoms with Gasteiger partial charge in [-0.15, -0.1) is 0 Å². The molecule has 3 rings (SSSR count). The van der Waals surface area contributed by atoms with E-state index in [1.54, 1.807) is 24.4 Å². The van der Waals surface area contributed by atoms with Gasteiger partial charge in [0.1, 0.15) is 6.04 Å². The summed E-state index contributed by atoms with van der Waals surface area (Å²) in [6, 6.07) is 17.3. The summed E-state index contributed by atoms with van der Waals surface area (Å²) in [5, 5.41) is 14.8. The van der Waals surface area contributed by atoms with E-state index in [1.165, 1.54) is 0 Å². The quantitative estimate of drug-likeness (QED) is 0.243. The number of anilines is 2. The fraction of sp³-hybridized carbons (Fsp3) is 0.227. The molecule has 162 valence electrons. The van der Waals surface area contributed by atoms with E-state index in [0.29, 0.717) is 23.3 Å². The summed E-state index contributed by atoms with van der Waals surface area (Å²) in [7, 11) is 0. The van der Waals surface area contributed by atoms with Gasteiger partial charge in [0.2, 0.25) is 5.91 Å². The Morgan fingerprint density at radius 2 is 1.77 bits per heavy atom. The van der Waals surface area contributed by atoms with Crippen molar-refractivity contribution < 1.29 is 9.59 Å².